The topological polar surface area (TPSA) is 56.3 Å². The van der Waals surface area contributed by atoms with Crippen LogP contribution in [-0.4, -0.2) is 30.7 Å². The van der Waals surface area contributed by atoms with Crippen molar-refractivity contribution >= 4 is 28.4 Å². The highest BCUT2D eigenvalue weighted by Gasteiger charge is 2.17. The van der Waals surface area contributed by atoms with Crippen LogP contribution in [0.1, 0.15) is 44.3 Å². The molecule has 0 aliphatic carbocycles. The van der Waals surface area contributed by atoms with Gasteiger partial charge in [0.25, 0.3) is 0 Å². The maximum absolute atomic E-state index is 5.42. The quantitative estimate of drug-likeness (QED) is 0.704. The molecule has 0 saturated heterocycles. The van der Waals surface area contributed by atoms with Crippen molar-refractivity contribution in [1.82, 2.24) is 9.97 Å². The van der Waals surface area contributed by atoms with Crippen molar-refractivity contribution in [3.63, 3.8) is 0 Å². The van der Waals surface area contributed by atoms with Crippen LogP contribution in [-0.2, 0) is 16.1 Å². The van der Waals surface area contributed by atoms with Gasteiger partial charge in [0, 0.05) is 20.8 Å². The summed E-state index contributed by atoms with van der Waals surface area (Å²) in [7, 11) is 3.36. The van der Waals surface area contributed by atoms with Crippen LogP contribution in [0.25, 0.3) is 0 Å². The first-order valence-electron chi connectivity index (χ1n) is 6.49. The fourth-order valence-corrected chi connectivity index (χ4v) is 2.29. The molecule has 1 aromatic heterocycles. The molecule has 1 N–H and O–H groups in total. The lowest BCUT2D eigenvalue weighted by molar-refractivity contribution is 0.0917. The summed E-state index contributed by atoms with van der Waals surface area (Å²) < 4.78 is 11.6. The van der Waals surface area contributed by atoms with E-state index in [1.807, 2.05) is 0 Å². The zero-order valence-electron chi connectivity index (χ0n) is 12.0. The molecule has 0 fully saturated rings. The van der Waals surface area contributed by atoms with Gasteiger partial charge in [-0.05, 0) is 35.4 Å². The van der Waals surface area contributed by atoms with E-state index in [1.54, 1.807) is 14.2 Å². The van der Waals surface area contributed by atoms with Crippen LogP contribution >= 0.6 is 22.6 Å². The third-order valence-electron chi connectivity index (χ3n) is 2.70. The van der Waals surface area contributed by atoms with Crippen molar-refractivity contribution in [2.24, 2.45) is 0 Å². The van der Waals surface area contributed by atoms with Crippen LogP contribution in [0.5, 0.6) is 0 Å². The fraction of sp³-hybridized carbons (Fsp3) is 0.692. The first-order valence-corrected chi connectivity index (χ1v) is 7.57. The summed E-state index contributed by atoms with van der Waals surface area (Å²) in [5.41, 5.74) is 0.905. The number of hydrogen-bond acceptors (Lipinski definition) is 5. The van der Waals surface area contributed by atoms with E-state index in [-0.39, 0.29) is 6.10 Å². The Morgan fingerprint density at radius 1 is 1.26 bits per heavy atom. The lowest BCUT2D eigenvalue weighted by Crippen LogP contribution is -2.14. The van der Waals surface area contributed by atoms with Crippen molar-refractivity contribution in [3.05, 3.63) is 15.1 Å². The van der Waals surface area contributed by atoms with Gasteiger partial charge in [-0.25, -0.2) is 9.97 Å². The van der Waals surface area contributed by atoms with Crippen molar-refractivity contribution in [3.8, 4) is 0 Å². The van der Waals surface area contributed by atoms with Crippen LogP contribution < -0.4 is 5.32 Å². The molecule has 0 aromatic carbocycles. The SMILES string of the molecule is CCCNc1nc(C(CC)OC)nc(COC)c1I. The largest absolute Gasteiger partial charge is 0.378 e. The van der Waals surface area contributed by atoms with Gasteiger partial charge >= 0.3 is 0 Å². The Kier molecular flexibility index (Phi) is 7.55. The highest BCUT2D eigenvalue weighted by Crippen LogP contribution is 2.24. The van der Waals surface area contributed by atoms with Crippen LogP contribution in [0, 0.1) is 3.57 Å². The summed E-state index contributed by atoms with van der Waals surface area (Å²) in [5.74, 6) is 1.59. The Labute approximate surface area is 128 Å². The average molecular weight is 379 g/mol. The van der Waals surface area contributed by atoms with Gasteiger partial charge in [-0.3, -0.25) is 0 Å². The van der Waals surface area contributed by atoms with Gasteiger partial charge in [0.2, 0.25) is 0 Å². The monoisotopic (exact) mass is 379 g/mol. The molecule has 5 nitrogen and oxygen atoms in total. The van der Waals surface area contributed by atoms with Crippen molar-refractivity contribution < 1.29 is 9.47 Å². The minimum atomic E-state index is -0.0743. The summed E-state index contributed by atoms with van der Waals surface area (Å²) in [6.07, 6.45) is 1.82. The summed E-state index contributed by atoms with van der Waals surface area (Å²) >= 11 is 2.26. The molecule has 1 aromatic rings. The molecule has 108 valence electrons. The molecule has 0 saturated carbocycles. The summed E-state index contributed by atoms with van der Waals surface area (Å²) in [5, 5.41) is 3.34. The standard InChI is InChI=1S/C13H22IN3O2/c1-5-7-15-13-11(14)9(8-18-3)16-12(17-13)10(6-2)19-4/h10H,5-8H2,1-4H3,(H,15,16,17). The maximum Gasteiger partial charge on any atom is 0.159 e. The molecular weight excluding hydrogens is 357 g/mol. The van der Waals surface area contributed by atoms with Gasteiger partial charge in [-0.1, -0.05) is 13.8 Å². The van der Waals surface area contributed by atoms with Crippen molar-refractivity contribution in [1.29, 1.82) is 0 Å². The zero-order valence-corrected chi connectivity index (χ0v) is 14.2. The fourth-order valence-electron chi connectivity index (χ4n) is 1.70. The number of aromatic nitrogens is 2. The molecule has 1 rings (SSSR count). The lowest BCUT2D eigenvalue weighted by Gasteiger charge is -2.16. The molecule has 0 aliphatic rings. The Bertz CT molecular complexity index is 398. The molecule has 1 heterocycles. The number of anilines is 1. The number of ether oxygens (including phenoxy) is 2. The highest BCUT2D eigenvalue weighted by atomic mass is 127. The van der Waals surface area contributed by atoms with Crippen LogP contribution in [0.15, 0.2) is 0 Å². The lowest BCUT2D eigenvalue weighted by atomic mass is 10.2. The van der Waals surface area contributed by atoms with E-state index in [9.17, 15) is 0 Å². The number of rotatable bonds is 8. The molecule has 6 heteroatoms. The Balaban J connectivity index is 3.13. The van der Waals surface area contributed by atoms with E-state index in [0.717, 1.165) is 40.3 Å². The van der Waals surface area contributed by atoms with Gasteiger partial charge in [0.1, 0.15) is 11.9 Å². The predicted molar refractivity (Wildman–Crippen MR) is 84.3 cm³/mol. The zero-order chi connectivity index (χ0) is 14.3. The normalized spacial score (nSPS) is 12.5. The van der Waals surface area contributed by atoms with Crippen LogP contribution in [0.3, 0.4) is 0 Å². The maximum atomic E-state index is 5.42. The minimum absolute atomic E-state index is 0.0743. The van der Waals surface area contributed by atoms with E-state index < -0.39 is 0 Å². The third-order valence-corrected chi connectivity index (χ3v) is 3.84. The first kappa shape index (κ1) is 16.6. The highest BCUT2D eigenvalue weighted by molar-refractivity contribution is 14.1. The van der Waals surface area contributed by atoms with Gasteiger partial charge in [0.05, 0.1) is 15.9 Å². The molecule has 0 amide bonds. The van der Waals surface area contributed by atoms with Gasteiger partial charge in [-0.2, -0.15) is 0 Å². The summed E-state index contributed by atoms with van der Waals surface area (Å²) in [6, 6.07) is 0. The molecular formula is C13H22IN3O2. The number of halogens is 1. The van der Waals surface area contributed by atoms with Gasteiger partial charge in [0.15, 0.2) is 5.82 Å². The number of nitrogens with one attached hydrogen (secondary N) is 1. The van der Waals surface area contributed by atoms with Crippen molar-refractivity contribution in [2.45, 2.75) is 39.4 Å². The molecule has 19 heavy (non-hydrogen) atoms. The van der Waals surface area contributed by atoms with E-state index in [1.165, 1.54) is 0 Å². The van der Waals surface area contributed by atoms with E-state index in [4.69, 9.17) is 9.47 Å². The summed E-state index contributed by atoms with van der Waals surface area (Å²) in [6.45, 7) is 5.56. The molecule has 0 radical (unpaired) electrons. The first-order chi connectivity index (χ1) is 9.17. The van der Waals surface area contributed by atoms with E-state index in [0.29, 0.717) is 6.61 Å². The second-order valence-electron chi connectivity index (χ2n) is 4.18. The molecule has 1 unspecified atom stereocenters. The minimum Gasteiger partial charge on any atom is -0.378 e. The second kappa shape index (κ2) is 8.65. The Hall–Kier alpha value is -0.470. The molecule has 1 atom stereocenters. The Morgan fingerprint density at radius 3 is 2.53 bits per heavy atom. The molecule has 0 spiro atoms. The molecule has 0 aliphatic heterocycles. The second-order valence-corrected chi connectivity index (χ2v) is 5.26. The smallest absolute Gasteiger partial charge is 0.159 e. The van der Waals surface area contributed by atoms with E-state index >= 15 is 0 Å². The third kappa shape index (κ3) is 4.54. The number of nitrogens with zero attached hydrogens (tertiary/aromatic N) is 2. The van der Waals surface area contributed by atoms with Crippen LogP contribution in [0.4, 0.5) is 5.82 Å². The van der Waals surface area contributed by atoms with Gasteiger partial charge in [-0.15, -0.1) is 0 Å². The van der Waals surface area contributed by atoms with E-state index in [2.05, 4.69) is 51.7 Å². The van der Waals surface area contributed by atoms with Crippen LogP contribution in [0.2, 0.25) is 0 Å². The average Bonchev–Trinajstić information content (AvgIpc) is 2.42. The summed E-state index contributed by atoms with van der Waals surface area (Å²) in [4.78, 5) is 9.15. The van der Waals surface area contributed by atoms with Gasteiger partial charge < -0.3 is 14.8 Å². The van der Waals surface area contributed by atoms with Crippen molar-refractivity contribution in [2.75, 3.05) is 26.1 Å². The number of hydrogen-bond donors (Lipinski definition) is 1. The number of methoxy groups -OCH3 is 2. The Morgan fingerprint density at radius 2 is 2.00 bits per heavy atom. The predicted octanol–water partition coefficient (Wildman–Crippen LogP) is 3.15. The molecule has 0 bridgehead atoms.